The second kappa shape index (κ2) is 9.04. The Balaban J connectivity index is 1.42. The Hall–Kier alpha value is -2.82. The number of rotatable bonds is 7. The first-order valence-electron chi connectivity index (χ1n) is 9.05. The molecule has 3 rings (SSSR count). The van der Waals surface area contributed by atoms with Crippen LogP contribution in [0, 0.1) is 0 Å². The molecule has 1 fully saturated rings. The molecule has 0 spiro atoms. The Morgan fingerprint density at radius 3 is 2.35 bits per heavy atom. The van der Waals surface area contributed by atoms with Gasteiger partial charge in [-0.1, -0.05) is 30.3 Å². The molecular formula is C21H24N2O3. The first-order chi connectivity index (χ1) is 12.7. The average molecular weight is 352 g/mol. The Kier molecular flexibility index (Phi) is 6.25. The van der Waals surface area contributed by atoms with Crippen LogP contribution in [0.15, 0.2) is 54.6 Å². The molecule has 1 heterocycles. The molecule has 0 saturated carbocycles. The number of nitrogens with zero attached hydrogens (tertiary/aromatic N) is 1. The number of benzene rings is 2. The van der Waals surface area contributed by atoms with E-state index >= 15 is 0 Å². The zero-order chi connectivity index (χ0) is 18.2. The van der Waals surface area contributed by atoms with Crippen LogP contribution in [0.5, 0.6) is 5.75 Å². The molecule has 0 bridgehead atoms. The molecule has 0 aliphatic carbocycles. The molecule has 0 atom stereocenters. The minimum atomic E-state index is -0.203. The van der Waals surface area contributed by atoms with Crippen molar-refractivity contribution in [3.05, 3.63) is 60.2 Å². The van der Waals surface area contributed by atoms with E-state index in [2.05, 4.69) is 5.32 Å². The van der Waals surface area contributed by atoms with Gasteiger partial charge in [0.2, 0.25) is 5.91 Å². The zero-order valence-electron chi connectivity index (χ0n) is 14.8. The molecule has 2 aromatic carbocycles. The van der Waals surface area contributed by atoms with Crippen molar-refractivity contribution in [3.8, 4) is 5.75 Å². The highest BCUT2D eigenvalue weighted by Gasteiger charge is 2.17. The predicted octanol–water partition coefficient (Wildman–Crippen LogP) is 3.26. The highest BCUT2D eigenvalue weighted by Crippen LogP contribution is 2.14. The first kappa shape index (κ1) is 18.0. The number of nitrogens with one attached hydrogen (secondary N) is 1. The normalized spacial score (nSPS) is 13.5. The van der Waals surface area contributed by atoms with Crippen LogP contribution >= 0.6 is 0 Å². The zero-order valence-corrected chi connectivity index (χ0v) is 14.8. The third-order valence-electron chi connectivity index (χ3n) is 4.44. The van der Waals surface area contributed by atoms with Crippen molar-refractivity contribution in [1.29, 1.82) is 0 Å². The summed E-state index contributed by atoms with van der Waals surface area (Å²) in [6.45, 7) is 1.76. The molecule has 1 N–H and O–H groups in total. The largest absolute Gasteiger partial charge is 0.484 e. The minimum Gasteiger partial charge on any atom is -0.484 e. The maximum Gasteiger partial charge on any atom is 0.262 e. The van der Waals surface area contributed by atoms with Gasteiger partial charge in [-0.25, -0.2) is 0 Å². The van der Waals surface area contributed by atoms with Crippen LogP contribution in [0.4, 0.5) is 5.69 Å². The summed E-state index contributed by atoms with van der Waals surface area (Å²) in [4.78, 5) is 26.0. The van der Waals surface area contributed by atoms with Gasteiger partial charge in [-0.15, -0.1) is 0 Å². The molecule has 0 radical (unpaired) electrons. The molecule has 2 amide bonds. The highest BCUT2D eigenvalue weighted by atomic mass is 16.5. The SMILES string of the molecule is O=C(COc1ccccc1)Nc1ccc(CCC(=O)N2CCCC2)cc1. The summed E-state index contributed by atoms with van der Waals surface area (Å²) in [5.74, 6) is 0.699. The topological polar surface area (TPSA) is 58.6 Å². The van der Waals surface area contributed by atoms with Gasteiger partial charge in [0.1, 0.15) is 5.75 Å². The van der Waals surface area contributed by atoms with Crippen LogP contribution in [0.25, 0.3) is 0 Å². The molecule has 1 aliphatic rings. The molecule has 1 saturated heterocycles. The Bertz CT molecular complexity index is 723. The van der Waals surface area contributed by atoms with E-state index in [0.717, 1.165) is 43.6 Å². The molecule has 26 heavy (non-hydrogen) atoms. The second-order valence-electron chi connectivity index (χ2n) is 6.43. The number of ether oxygens (including phenoxy) is 1. The fourth-order valence-electron chi connectivity index (χ4n) is 2.99. The van der Waals surface area contributed by atoms with Crippen molar-refractivity contribution in [2.45, 2.75) is 25.7 Å². The van der Waals surface area contributed by atoms with Crippen molar-refractivity contribution in [1.82, 2.24) is 4.90 Å². The average Bonchev–Trinajstić information content (AvgIpc) is 3.21. The van der Waals surface area contributed by atoms with Gasteiger partial charge in [-0.2, -0.15) is 0 Å². The minimum absolute atomic E-state index is 0.0316. The van der Waals surface area contributed by atoms with E-state index < -0.39 is 0 Å². The fraction of sp³-hybridized carbons (Fsp3) is 0.333. The number of anilines is 1. The number of hydrogen-bond donors (Lipinski definition) is 1. The van der Waals surface area contributed by atoms with Crippen LogP contribution < -0.4 is 10.1 Å². The van der Waals surface area contributed by atoms with Crippen molar-refractivity contribution in [3.63, 3.8) is 0 Å². The lowest BCUT2D eigenvalue weighted by molar-refractivity contribution is -0.130. The Morgan fingerprint density at radius 1 is 0.962 bits per heavy atom. The number of hydrogen-bond acceptors (Lipinski definition) is 3. The lowest BCUT2D eigenvalue weighted by Gasteiger charge is -2.15. The first-order valence-corrected chi connectivity index (χ1v) is 9.05. The third-order valence-corrected chi connectivity index (χ3v) is 4.44. The summed E-state index contributed by atoms with van der Waals surface area (Å²) >= 11 is 0. The summed E-state index contributed by atoms with van der Waals surface area (Å²) < 4.78 is 5.42. The van der Waals surface area contributed by atoms with Crippen LogP contribution in [-0.2, 0) is 16.0 Å². The van der Waals surface area contributed by atoms with Crippen LogP contribution in [-0.4, -0.2) is 36.4 Å². The Morgan fingerprint density at radius 2 is 1.65 bits per heavy atom. The van der Waals surface area contributed by atoms with E-state index in [0.29, 0.717) is 12.2 Å². The van der Waals surface area contributed by atoms with Gasteiger partial charge in [0.25, 0.3) is 5.91 Å². The number of likely N-dealkylation sites (tertiary alicyclic amines) is 1. The smallest absolute Gasteiger partial charge is 0.262 e. The molecule has 5 nitrogen and oxygen atoms in total. The predicted molar refractivity (Wildman–Crippen MR) is 101 cm³/mol. The van der Waals surface area contributed by atoms with Crippen molar-refractivity contribution in [2.75, 3.05) is 25.0 Å². The summed E-state index contributed by atoms with van der Waals surface area (Å²) in [5.41, 5.74) is 1.82. The standard InChI is InChI=1S/C21H24N2O3/c24-20(16-26-19-6-2-1-3-7-19)22-18-11-8-17(9-12-18)10-13-21(25)23-14-4-5-15-23/h1-3,6-9,11-12H,4-5,10,13-16H2,(H,22,24). The van der Waals surface area contributed by atoms with E-state index in [-0.39, 0.29) is 18.4 Å². The van der Waals surface area contributed by atoms with Gasteiger partial charge in [0.05, 0.1) is 0 Å². The van der Waals surface area contributed by atoms with Gasteiger partial charge in [0.15, 0.2) is 6.61 Å². The number of carbonyl (C=O) groups is 2. The maximum absolute atomic E-state index is 12.1. The van der Waals surface area contributed by atoms with Crippen LogP contribution in [0.2, 0.25) is 0 Å². The number of amides is 2. The lowest BCUT2D eigenvalue weighted by atomic mass is 10.1. The van der Waals surface area contributed by atoms with Crippen molar-refractivity contribution in [2.24, 2.45) is 0 Å². The highest BCUT2D eigenvalue weighted by molar-refractivity contribution is 5.91. The summed E-state index contributed by atoms with van der Waals surface area (Å²) in [6.07, 6.45) is 3.50. The number of carbonyl (C=O) groups excluding carboxylic acids is 2. The lowest BCUT2D eigenvalue weighted by Crippen LogP contribution is -2.27. The second-order valence-corrected chi connectivity index (χ2v) is 6.43. The summed E-state index contributed by atoms with van der Waals surface area (Å²) in [5, 5.41) is 2.81. The van der Waals surface area contributed by atoms with Crippen molar-refractivity contribution >= 4 is 17.5 Å². The monoisotopic (exact) mass is 352 g/mol. The maximum atomic E-state index is 12.1. The number of aryl methyl sites for hydroxylation is 1. The van der Waals surface area contributed by atoms with Crippen molar-refractivity contribution < 1.29 is 14.3 Å². The van der Waals surface area contributed by atoms with Gasteiger partial charge < -0.3 is 15.0 Å². The fourth-order valence-corrected chi connectivity index (χ4v) is 2.99. The van der Waals surface area contributed by atoms with E-state index in [9.17, 15) is 9.59 Å². The molecule has 136 valence electrons. The molecule has 0 aromatic heterocycles. The quantitative estimate of drug-likeness (QED) is 0.832. The summed E-state index contributed by atoms with van der Waals surface area (Å²) in [6, 6.07) is 16.9. The van der Waals surface area contributed by atoms with Gasteiger partial charge in [0, 0.05) is 25.2 Å². The van der Waals surface area contributed by atoms with Crippen LogP contribution in [0.1, 0.15) is 24.8 Å². The summed E-state index contributed by atoms with van der Waals surface area (Å²) in [7, 11) is 0. The molecule has 5 heteroatoms. The third kappa shape index (κ3) is 5.34. The molecular weight excluding hydrogens is 328 g/mol. The van der Waals surface area contributed by atoms with Gasteiger partial charge >= 0.3 is 0 Å². The number of para-hydroxylation sites is 1. The van der Waals surface area contributed by atoms with E-state index in [1.807, 2.05) is 59.5 Å². The molecule has 2 aromatic rings. The molecule has 1 aliphatic heterocycles. The van der Waals surface area contributed by atoms with Gasteiger partial charge in [-0.05, 0) is 49.1 Å². The van der Waals surface area contributed by atoms with E-state index in [1.165, 1.54) is 0 Å². The van der Waals surface area contributed by atoms with Crippen LogP contribution in [0.3, 0.4) is 0 Å². The molecule has 0 unspecified atom stereocenters. The van der Waals surface area contributed by atoms with E-state index in [4.69, 9.17) is 4.74 Å². The van der Waals surface area contributed by atoms with E-state index in [1.54, 1.807) is 0 Å². The Labute approximate surface area is 154 Å². The van der Waals surface area contributed by atoms with Gasteiger partial charge in [-0.3, -0.25) is 9.59 Å².